The number of hydrogen-bond acceptors (Lipinski definition) is 7. The van der Waals surface area contributed by atoms with Crippen LogP contribution < -0.4 is 16.0 Å². The Kier molecular flexibility index (Phi) is 7.21. The first-order chi connectivity index (χ1) is 10.2. The van der Waals surface area contributed by atoms with Gasteiger partial charge in [0.1, 0.15) is 23.0 Å². The van der Waals surface area contributed by atoms with Crippen LogP contribution in [-0.4, -0.2) is 15.9 Å². The average Bonchev–Trinajstić information content (AvgIpc) is 2.49. The Morgan fingerprint density at radius 3 is 2.62 bits per heavy atom. The maximum absolute atomic E-state index is 8.20. The summed E-state index contributed by atoms with van der Waals surface area (Å²) >= 11 is 5.48. The smallest absolute Gasteiger partial charge is 0.208 e. The molecule has 0 amide bonds. The number of nitrogens with one attached hydrogen (secondary N) is 1. The Morgan fingerprint density at radius 2 is 2.10 bits per heavy atom. The van der Waals surface area contributed by atoms with Crippen LogP contribution in [0, 0.1) is 11.5 Å². The highest BCUT2D eigenvalue weighted by atomic mass is 35.5. The average molecular weight is 305 g/mol. The van der Waals surface area contributed by atoms with Gasteiger partial charge in [0.15, 0.2) is 0 Å². The molecule has 3 N–H and O–H groups in total. The van der Waals surface area contributed by atoms with Gasteiger partial charge in [0.2, 0.25) is 12.1 Å². The van der Waals surface area contributed by atoms with Crippen molar-refractivity contribution in [2.24, 2.45) is 10.8 Å². The van der Waals surface area contributed by atoms with E-state index in [9.17, 15) is 0 Å². The summed E-state index contributed by atoms with van der Waals surface area (Å²) < 4.78 is 5.18. The van der Waals surface area contributed by atoms with Crippen molar-refractivity contribution in [3.05, 3.63) is 47.9 Å². The molecule has 0 aliphatic carbocycles. The van der Waals surface area contributed by atoms with E-state index in [0.29, 0.717) is 22.6 Å². The van der Waals surface area contributed by atoms with E-state index in [1.807, 2.05) is 18.2 Å². The van der Waals surface area contributed by atoms with Crippen molar-refractivity contribution in [3.63, 3.8) is 0 Å². The lowest BCUT2D eigenvalue weighted by Gasteiger charge is -2.00. The number of nitriles is 1. The van der Waals surface area contributed by atoms with Crippen LogP contribution in [0.2, 0.25) is 5.15 Å². The summed E-state index contributed by atoms with van der Waals surface area (Å²) in [4.78, 5) is 10.8. The molecule has 0 bridgehead atoms. The summed E-state index contributed by atoms with van der Waals surface area (Å²) in [6, 6.07) is 10.7. The van der Waals surface area contributed by atoms with Gasteiger partial charge in [-0.1, -0.05) is 29.8 Å². The zero-order chi connectivity index (χ0) is 15.5. The molecule has 0 fully saturated rings. The van der Waals surface area contributed by atoms with Crippen molar-refractivity contribution in [2.45, 2.75) is 6.92 Å². The van der Waals surface area contributed by atoms with Crippen molar-refractivity contribution in [1.29, 1.82) is 5.26 Å². The first-order valence-corrected chi connectivity index (χ1v) is 6.14. The van der Waals surface area contributed by atoms with E-state index in [1.165, 1.54) is 12.4 Å². The number of nitrogen functional groups attached to an aromatic ring is 1. The number of nitrogens with two attached hydrogens (primary N) is 1. The van der Waals surface area contributed by atoms with Gasteiger partial charge in [-0.05, 0) is 12.1 Å². The maximum atomic E-state index is 8.20. The quantitative estimate of drug-likeness (QED) is 0.220. The van der Waals surface area contributed by atoms with E-state index >= 15 is 0 Å². The van der Waals surface area contributed by atoms with Crippen molar-refractivity contribution in [1.82, 2.24) is 9.97 Å². The predicted octanol–water partition coefficient (Wildman–Crippen LogP) is 2.38. The van der Waals surface area contributed by atoms with Gasteiger partial charge in [-0.3, -0.25) is 0 Å². The highest BCUT2D eigenvalue weighted by Crippen LogP contribution is 2.08. The summed E-state index contributed by atoms with van der Waals surface area (Å²) in [6.45, 7) is 1.64. The van der Waals surface area contributed by atoms with Crippen LogP contribution in [0.1, 0.15) is 6.92 Å². The number of ether oxygens (including phenoxy) is 1. The molecule has 0 saturated carbocycles. The van der Waals surface area contributed by atoms with Gasteiger partial charge in [-0.2, -0.15) is 5.26 Å². The fraction of sp³-hybridized carbons (Fsp3) is 0.0769. The summed E-state index contributed by atoms with van der Waals surface area (Å²) in [5.74, 6) is 6.57. The highest BCUT2D eigenvalue weighted by Gasteiger charge is 1.93. The topological polar surface area (TPSA) is 109 Å². The molecule has 0 aliphatic rings. The molecule has 21 heavy (non-hydrogen) atoms. The summed E-state index contributed by atoms with van der Waals surface area (Å²) in [5, 5.41) is 8.57. The van der Waals surface area contributed by atoms with Gasteiger partial charge in [-0.25, -0.2) is 15.8 Å². The molecule has 108 valence electrons. The number of para-hydroxylation sites is 1. The Hall–Kier alpha value is -2.69. The lowest BCUT2D eigenvalue weighted by atomic mass is 10.3. The molecular weight excluding hydrogens is 292 g/mol. The molecule has 8 heteroatoms. The van der Waals surface area contributed by atoms with E-state index < -0.39 is 0 Å². The molecule has 1 aromatic carbocycles. The maximum Gasteiger partial charge on any atom is 0.208 e. The van der Waals surface area contributed by atoms with Crippen LogP contribution in [0.4, 0.5) is 5.82 Å². The molecule has 2 aromatic rings. The van der Waals surface area contributed by atoms with Crippen molar-refractivity contribution in [2.75, 3.05) is 5.43 Å². The number of rotatable bonds is 2. The third kappa shape index (κ3) is 6.87. The van der Waals surface area contributed by atoms with Gasteiger partial charge in [0.05, 0.1) is 0 Å². The lowest BCUT2D eigenvalue weighted by molar-refractivity contribution is 0.547. The molecule has 1 heterocycles. The number of halogens is 1. The van der Waals surface area contributed by atoms with E-state index in [4.69, 9.17) is 27.4 Å². The summed E-state index contributed by atoms with van der Waals surface area (Å²) in [5.41, 5.74) is 2.33. The second kappa shape index (κ2) is 9.25. The van der Waals surface area contributed by atoms with Crippen LogP contribution in [0.5, 0.6) is 5.75 Å². The molecule has 0 saturated heterocycles. The normalized spacial score (nSPS) is 9.90. The molecule has 0 spiro atoms. The van der Waals surface area contributed by atoms with Gasteiger partial charge in [0.25, 0.3) is 0 Å². The fourth-order valence-electron chi connectivity index (χ4n) is 1.16. The van der Waals surface area contributed by atoms with Crippen molar-refractivity contribution in [3.8, 4) is 11.9 Å². The van der Waals surface area contributed by atoms with Crippen LogP contribution >= 0.6 is 11.6 Å². The van der Waals surface area contributed by atoms with Gasteiger partial charge in [0, 0.05) is 13.0 Å². The first-order valence-electron chi connectivity index (χ1n) is 5.76. The van der Waals surface area contributed by atoms with Crippen LogP contribution in [-0.2, 0) is 0 Å². The molecule has 2 rings (SSSR count). The van der Waals surface area contributed by atoms with Crippen LogP contribution in [0.3, 0.4) is 0 Å². The molecule has 1 aromatic heterocycles. The van der Waals surface area contributed by atoms with Crippen LogP contribution in [0.25, 0.3) is 0 Å². The molecule has 0 unspecified atom stereocenters. The first kappa shape index (κ1) is 16.4. The minimum Gasteiger partial charge on any atom is -0.443 e. The molecular formula is C13H13ClN6O. The zero-order valence-electron chi connectivity index (χ0n) is 11.2. The number of hydrogen-bond donors (Lipinski definition) is 2. The lowest BCUT2D eigenvalue weighted by Crippen LogP contribution is -2.08. The monoisotopic (exact) mass is 304 g/mol. The molecule has 0 atom stereocenters. The van der Waals surface area contributed by atoms with Gasteiger partial charge >= 0.3 is 0 Å². The Labute approximate surface area is 127 Å². The van der Waals surface area contributed by atoms with E-state index in [2.05, 4.69) is 20.4 Å². The number of aromatic nitrogens is 2. The fourth-order valence-corrected chi connectivity index (χ4v) is 1.31. The number of nitrogens with zero attached hydrogens (tertiary/aromatic N) is 4. The SMILES string of the molecule is CC(=NC#N)Oc1ccccc1.NNc1cc(Cl)ncn1. The summed E-state index contributed by atoms with van der Waals surface area (Å²) in [6.07, 6.45) is 2.98. The largest absolute Gasteiger partial charge is 0.443 e. The molecule has 0 radical (unpaired) electrons. The minimum absolute atomic E-state index is 0.351. The molecule has 7 nitrogen and oxygen atoms in total. The Bertz CT molecular complexity index is 626. The van der Waals surface area contributed by atoms with Crippen LogP contribution in [0.15, 0.2) is 47.7 Å². The minimum atomic E-state index is 0.351. The predicted molar refractivity (Wildman–Crippen MR) is 80.6 cm³/mol. The molecule has 0 aliphatic heterocycles. The Balaban J connectivity index is 0.000000219. The van der Waals surface area contributed by atoms with Gasteiger partial charge < -0.3 is 10.2 Å². The van der Waals surface area contributed by atoms with Gasteiger partial charge in [-0.15, -0.1) is 4.99 Å². The van der Waals surface area contributed by atoms with Crippen molar-refractivity contribution < 1.29 is 4.74 Å². The van der Waals surface area contributed by atoms with Crippen molar-refractivity contribution >= 4 is 23.3 Å². The Morgan fingerprint density at radius 1 is 1.38 bits per heavy atom. The zero-order valence-corrected chi connectivity index (χ0v) is 11.9. The number of hydrazine groups is 1. The second-order valence-electron chi connectivity index (χ2n) is 3.52. The number of anilines is 1. The second-order valence-corrected chi connectivity index (χ2v) is 3.90. The summed E-state index contributed by atoms with van der Waals surface area (Å²) in [7, 11) is 0. The van der Waals surface area contributed by atoms with E-state index in [-0.39, 0.29) is 0 Å². The highest BCUT2D eigenvalue weighted by molar-refractivity contribution is 6.29. The van der Waals surface area contributed by atoms with E-state index in [0.717, 1.165) is 0 Å². The number of aliphatic imine (C=N–C) groups is 1. The third-order valence-corrected chi connectivity index (χ3v) is 2.20. The number of benzene rings is 1. The standard InChI is InChI=1S/C9H8N2O.C4H5ClN4/c1-8(11-7-10)12-9-5-3-2-4-6-9;5-3-1-4(9-6)8-2-7-3/h2-6H,1H3;1-2H,6H2,(H,7,8,9). The van der Waals surface area contributed by atoms with E-state index in [1.54, 1.807) is 25.2 Å². The third-order valence-electron chi connectivity index (χ3n) is 2.00.